The van der Waals surface area contributed by atoms with Gasteiger partial charge in [-0.05, 0) is 37.5 Å². The first-order valence-corrected chi connectivity index (χ1v) is 8.19. The van der Waals surface area contributed by atoms with E-state index in [4.69, 9.17) is 9.84 Å². The molecule has 0 aromatic carbocycles. The maximum atomic E-state index is 12.6. The lowest BCUT2D eigenvalue weighted by Crippen LogP contribution is -2.38. The number of aromatic nitrogens is 3. The molecule has 0 aliphatic carbocycles. The van der Waals surface area contributed by atoms with Crippen molar-refractivity contribution in [3.8, 4) is 11.3 Å². The second-order valence-corrected chi connectivity index (χ2v) is 6.09. The second-order valence-electron chi connectivity index (χ2n) is 6.09. The summed E-state index contributed by atoms with van der Waals surface area (Å²) in [7, 11) is 0. The minimum atomic E-state index is -0.246. The predicted octanol–water partition coefficient (Wildman–Crippen LogP) is 1.86. The van der Waals surface area contributed by atoms with E-state index in [1.165, 1.54) is 0 Å². The van der Waals surface area contributed by atoms with Crippen molar-refractivity contribution < 1.29 is 9.53 Å². The van der Waals surface area contributed by atoms with Crippen molar-refractivity contribution >= 4 is 5.91 Å². The number of rotatable bonds is 2. The highest BCUT2D eigenvalue weighted by molar-refractivity contribution is 5.81. The highest BCUT2D eigenvalue weighted by Crippen LogP contribution is 2.23. The van der Waals surface area contributed by atoms with Crippen molar-refractivity contribution in [2.75, 3.05) is 13.2 Å². The zero-order chi connectivity index (χ0) is 15.6. The lowest BCUT2D eigenvalue weighted by molar-refractivity contribution is -0.141. The molecule has 6 heteroatoms. The van der Waals surface area contributed by atoms with Gasteiger partial charge in [-0.25, -0.2) is 0 Å². The first-order chi connectivity index (χ1) is 11.3. The third kappa shape index (κ3) is 2.86. The molecule has 0 radical (unpaired) electrons. The largest absolute Gasteiger partial charge is 0.368 e. The van der Waals surface area contributed by atoms with Crippen LogP contribution in [0.2, 0.25) is 0 Å². The fourth-order valence-corrected chi connectivity index (χ4v) is 3.29. The Balaban J connectivity index is 1.56. The van der Waals surface area contributed by atoms with E-state index in [9.17, 15) is 4.79 Å². The summed E-state index contributed by atoms with van der Waals surface area (Å²) in [6.45, 7) is 2.92. The molecule has 2 aromatic heterocycles. The summed E-state index contributed by atoms with van der Waals surface area (Å²) in [5.41, 5.74) is 3.08. The van der Waals surface area contributed by atoms with Gasteiger partial charge in [-0.15, -0.1) is 0 Å². The monoisotopic (exact) mass is 312 g/mol. The Labute approximate surface area is 135 Å². The number of hydrogen-bond acceptors (Lipinski definition) is 4. The molecule has 2 aromatic rings. The quantitative estimate of drug-likeness (QED) is 0.849. The molecule has 6 nitrogen and oxygen atoms in total. The summed E-state index contributed by atoms with van der Waals surface area (Å²) in [5.74, 6) is 0.127. The van der Waals surface area contributed by atoms with Crippen LogP contribution in [-0.2, 0) is 22.6 Å². The van der Waals surface area contributed by atoms with Crippen molar-refractivity contribution in [1.29, 1.82) is 0 Å². The van der Waals surface area contributed by atoms with Crippen LogP contribution < -0.4 is 0 Å². The zero-order valence-electron chi connectivity index (χ0n) is 13.0. The van der Waals surface area contributed by atoms with Gasteiger partial charge in [0, 0.05) is 37.7 Å². The van der Waals surface area contributed by atoms with Crippen LogP contribution in [0.4, 0.5) is 0 Å². The van der Waals surface area contributed by atoms with E-state index in [0.717, 1.165) is 49.3 Å². The fourth-order valence-electron chi connectivity index (χ4n) is 3.29. The highest BCUT2D eigenvalue weighted by Gasteiger charge is 2.30. The van der Waals surface area contributed by atoms with Crippen LogP contribution in [0.15, 0.2) is 30.6 Å². The average molecular weight is 312 g/mol. The minimum Gasteiger partial charge on any atom is -0.368 e. The molecule has 1 saturated heterocycles. The summed E-state index contributed by atoms with van der Waals surface area (Å²) < 4.78 is 7.58. The molecule has 0 bridgehead atoms. The number of nitrogens with zero attached hydrogens (tertiary/aromatic N) is 4. The summed E-state index contributed by atoms with van der Waals surface area (Å²) in [6, 6.07) is 5.99. The Hall–Kier alpha value is -2.21. The molecule has 1 fully saturated rings. The van der Waals surface area contributed by atoms with Crippen LogP contribution in [-0.4, -0.2) is 44.8 Å². The number of carbonyl (C=O) groups excluding carboxylic acids is 1. The number of ether oxygens (including phenoxy) is 1. The molecule has 0 saturated carbocycles. The van der Waals surface area contributed by atoms with Crippen LogP contribution >= 0.6 is 0 Å². The zero-order valence-corrected chi connectivity index (χ0v) is 13.0. The van der Waals surface area contributed by atoms with Crippen LogP contribution in [0.25, 0.3) is 11.3 Å². The molecule has 0 N–H and O–H groups in total. The number of hydrogen-bond donors (Lipinski definition) is 0. The number of carbonyl (C=O) groups is 1. The van der Waals surface area contributed by atoms with Crippen molar-refractivity contribution in [1.82, 2.24) is 19.7 Å². The maximum absolute atomic E-state index is 12.6. The Bertz CT molecular complexity index is 692. The lowest BCUT2D eigenvalue weighted by Gasteiger charge is -2.23. The summed E-state index contributed by atoms with van der Waals surface area (Å²) in [4.78, 5) is 18.6. The van der Waals surface area contributed by atoms with E-state index in [0.29, 0.717) is 13.2 Å². The molecule has 4 heterocycles. The molecule has 2 aliphatic heterocycles. The predicted molar refractivity (Wildman–Crippen MR) is 84.5 cm³/mol. The van der Waals surface area contributed by atoms with Gasteiger partial charge in [0.1, 0.15) is 6.10 Å². The third-order valence-corrected chi connectivity index (χ3v) is 4.51. The first-order valence-electron chi connectivity index (χ1n) is 8.19. The van der Waals surface area contributed by atoms with Gasteiger partial charge in [0.25, 0.3) is 5.91 Å². The van der Waals surface area contributed by atoms with Crippen LogP contribution in [0.5, 0.6) is 0 Å². The summed E-state index contributed by atoms with van der Waals surface area (Å²) in [6.07, 6.45) is 6.04. The molecular weight excluding hydrogens is 292 g/mol. The SMILES string of the molecule is O=C([C@@H]1CCCO1)N1CCCn2nc(-c3ccncc3)cc2C1. The molecule has 4 rings (SSSR count). The van der Waals surface area contributed by atoms with E-state index >= 15 is 0 Å². The molecule has 0 spiro atoms. The average Bonchev–Trinajstić information content (AvgIpc) is 3.21. The molecule has 2 aliphatic rings. The third-order valence-electron chi connectivity index (χ3n) is 4.51. The number of amides is 1. The van der Waals surface area contributed by atoms with Gasteiger partial charge >= 0.3 is 0 Å². The number of pyridine rings is 1. The topological polar surface area (TPSA) is 60.2 Å². The second kappa shape index (κ2) is 6.12. The van der Waals surface area contributed by atoms with Crippen LogP contribution in [0.1, 0.15) is 25.0 Å². The van der Waals surface area contributed by atoms with Gasteiger partial charge in [-0.2, -0.15) is 5.10 Å². The normalized spacial score (nSPS) is 21.0. The number of aryl methyl sites for hydroxylation is 1. The van der Waals surface area contributed by atoms with Crippen molar-refractivity contribution in [3.63, 3.8) is 0 Å². The van der Waals surface area contributed by atoms with Gasteiger partial charge in [-0.3, -0.25) is 14.5 Å². The van der Waals surface area contributed by atoms with E-state index in [1.807, 2.05) is 21.7 Å². The Morgan fingerprint density at radius 3 is 2.87 bits per heavy atom. The lowest BCUT2D eigenvalue weighted by atomic mass is 10.2. The van der Waals surface area contributed by atoms with Crippen LogP contribution in [0, 0.1) is 0 Å². The molecule has 1 atom stereocenters. The molecule has 23 heavy (non-hydrogen) atoms. The van der Waals surface area contributed by atoms with Crippen molar-refractivity contribution in [2.45, 2.75) is 38.5 Å². The molecular formula is C17H20N4O2. The van der Waals surface area contributed by atoms with Crippen LogP contribution in [0.3, 0.4) is 0 Å². The number of fused-ring (bicyclic) bond motifs is 1. The van der Waals surface area contributed by atoms with E-state index in [1.54, 1.807) is 12.4 Å². The van der Waals surface area contributed by atoms with Crippen molar-refractivity contribution in [3.05, 3.63) is 36.3 Å². The van der Waals surface area contributed by atoms with E-state index in [2.05, 4.69) is 11.1 Å². The summed E-state index contributed by atoms with van der Waals surface area (Å²) in [5, 5.41) is 4.69. The maximum Gasteiger partial charge on any atom is 0.252 e. The van der Waals surface area contributed by atoms with E-state index in [-0.39, 0.29) is 12.0 Å². The van der Waals surface area contributed by atoms with Gasteiger partial charge < -0.3 is 9.64 Å². The standard InChI is InChI=1S/C17H20N4O2/c22-17(16-3-1-10-23-16)20-8-2-9-21-14(12-20)11-15(19-21)13-4-6-18-7-5-13/h4-7,11,16H,1-3,8-10,12H2/t16-/m0/s1. The van der Waals surface area contributed by atoms with Gasteiger partial charge in [-0.1, -0.05) is 0 Å². The summed E-state index contributed by atoms with van der Waals surface area (Å²) >= 11 is 0. The van der Waals surface area contributed by atoms with Gasteiger partial charge in [0.2, 0.25) is 0 Å². The fraction of sp³-hybridized carbons (Fsp3) is 0.471. The molecule has 120 valence electrons. The minimum absolute atomic E-state index is 0.127. The van der Waals surface area contributed by atoms with Crippen molar-refractivity contribution in [2.24, 2.45) is 0 Å². The first kappa shape index (κ1) is 14.4. The molecule has 1 amide bonds. The Morgan fingerprint density at radius 1 is 1.22 bits per heavy atom. The Kier molecular flexibility index (Phi) is 3.83. The van der Waals surface area contributed by atoms with E-state index < -0.39 is 0 Å². The molecule has 0 unspecified atom stereocenters. The highest BCUT2D eigenvalue weighted by atomic mass is 16.5. The smallest absolute Gasteiger partial charge is 0.252 e. The van der Waals surface area contributed by atoms with Gasteiger partial charge in [0.05, 0.1) is 17.9 Å². The Morgan fingerprint density at radius 2 is 2.09 bits per heavy atom. The van der Waals surface area contributed by atoms with Gasteiger partial charge in [0.15, 0.2) is 0 Å².